The third kappa shape index (κ3) is 25.1. The summed E-state index contributed by atoms with van der Waals surface area (Å²) in [6.45, 7) is 22.3. The van der Waals surface area contributed by atoms with Crippen molar-refractivity contribution in [3.8, 4) is 17.2 Å². The minimum absolute atomic E-state index is 0.291. The number of carbonyl (C=O) groups is 3. The molecule has 12 heteroatoms. The molecule has 0 heterocycles. The lowest BCUT2D eigenvalue weighted by molar-refractivity contribution is -0.154. The van der Waals surface area contributed by atoms with E-state index in [9.17, 15) is 14.4 Å². The third-order valence-electron chi connectivity index (χ3n) is 11.1. The van der Waals surface area contributed by atoms with Crippen LogP contribution in [0.25, 0.3) is 16.7 Å². The van der Waals surface area contributed by atoms with Crippen LogP contribution in [-0.4, -0.2) is 90.3 Å². The summed E-state index contributed by atoms with van der Waals surface area (Å²) in [5, 5.41) is 0. The Morgan fingerprint density at radius 1 is 0.377 bits per heavy atom. The van der Waals surface area contributed by atoms with E-state index >= 15 is 0 Å². The van der Waals surface area contributed by atoms with E-state index in [1.54, 1.807) is 20.8 Å². The first kappa shape index (κ1) is 57.9. The summed E-state index contributed by atoms with van der Waals surface area (Å²) in [6.07, 6.45) is 16.0. The van der Waals surface area contributed by atoms with Crippen LogP contribution in [0.2, 0.25) is 0 Å². The summed E-state index contributed by atoms with van der Waals surface area (Å²) in [6, 6.07) is 22.1. The second-order valence-electron chi connectivity index (χ2n) is 16.6. The van der Waals surface area contributed by atoms with Crippen molar-refractivity contribution in [1.82, 2.24) is 0 Å². The van der Waals surface area contributed by atoms with Crippen molar-refractivity contribution in [2.24, 2.45) is 0 Å². The fourth-order valence-corrected chi connectivity index (χ4v) is 7.07. The van der Waals surface area contributed by atoms with Crippen LogP contribution in [0.4, 0.5) is 0 Å². The molecular weight excluding hydrogens is 877 g/mol. The first-order chi connectivity index (χ1) is 33.7. The van der Waals surface area contributed by atoms with Crippen LogP contribution >= 0.6 is 0 Å². The highest BCUT2D eigenvalue weighted by molar-refractivity contribution is 6.16. The third-order valence-corrected chi connectivity index (χ3v) is 11.1. The quantitative estimate of drug-likeness (QED) is 0.0176. The molecule has 0 amide bonds. The summed E-state index contributed by atoms with van der Waals surface area (Å²) < 4.78 is 51.3. The lowest BCUT2D eigenvalue weighted by Crippen LogP contribution is -2.21. The Kier molecular flexibility index (Phi) is 30.7. The van der Waals surface area contributed by atoms with Crippen LogP contribution in [0, 0.1) is 0 Å². The molecule has 0 atom stereocenters. The average molecular weight is 957 g/mol. The summed E-state index contributed by atoms with van der Waals surface area (Å²) in [7, 11) is 0. The van der Waals surface area contributed by atoms with Gasteiger partial charge in [-0.1, -0.05) is 114 Å². The minimum Gasteiger partial charge on any atom is -0.494 e. The minimum atomic E-state index is -0.408. The number of benzene rings is 3. The Morgan fingerprint density at radius 2 is 0.652 bits per heavy atom. The van der Waals surface area contributed by atoms with E-state index in [-0.39, 0.29) is 6.29 Å². The number of esters is 3. The van der Waals surface area contributed by atoms with Gasteiger partial charge < -0.3 is 42.6 Å². The summed E-state index contributed by atoms with van der Waals surface area (Å²) in [5.74, 6) is 1.09. The van der Waals surface area contributed by atoms with E-state index in [2.05, 4.69) is 19.7 Å². The van der Waals surface area contributed by atoms with Gasteiger partial charge in [-0.05, 0) is 112 Å². The van der Waals surface area contributed by atoms with Crippen molar-refractivity contribution >= 4 is 34.6 Å². The first-order valence-corrected chi connectivity index (χ1v) is 25.2. The normalized spacial score (nSPS) is 11.0. The Labute approximate surface area is 412 Å². The van der Waals surface area contributed by atoms with Gasteiger partial charge >= 0.3 is 17.9 Å². The highest BCUT2D eigenvalue weighted by Crippen LogP contribution is 2.22. The van der Waals surface area contributed by atoms with Gasteiger partial charge in [0.1, 0.15) is 17.2 Å². The second-order valence-corrected chi connectivity index (χ2v) is 16.6. The molecule has 0 radical (unpaired) electrons. The van der Waals surface area contributed by atoms with Crippen LogP contribution in [-0.2, 0) is 42.8 Å². The van der Waals surface area contributed by atoms with Crippen molar-refractivity contribution in [1.29, 1.82) is 0 Å². The maximum Gasteiger partial charge on any atom is 0.338 e. The number of unbranched alkanes of at least 4 members (excludes halogenated alkanes) is 12. The predicted octanol–water partition coefficient (Wildman–Crippen LogP) is 12.6. The Morgan fingerprint density at radius 3 is 0.957 bits per heavy atom. The fraction of sp³-hybridized carbons (Fsp3) is 0.526. The maximum atomic E-state index is 11.9. The fourth-order valence-electron chi connectivity index (χ4n) is 7.07. The summed E-state index contributed by atoms with van der Waals surface area (Å²) in [4.78, 5) is 35.8. The molecule has 0 fully saturated rings. The molecule has 0 bridgehead atoms. The summed E-state index contributed by atoms with van der Waals surface area (Å²) in [5.41, 5.74) is 3.20. The highest BCUT2D eigenvalue weighted by Gasteiger charge is 2.14. The van der Waals surface area contributed by atoms with Gasteiger partial charge in [-0.2, -0.15) is 0 Å². The van der Waals surface area contributed by atoms with E-state index in [0.717, 1.165) is 130 Å². The van der Waals surface area contributed by atoms with Crippen molar-refractivity contribution < 1.29 is 57.0 Å². The maximum absolute atomic E-state index is 11.9. The molecular formula is C57H80O12. The molecule has 0 aromatic heterocycles. The average Bonchev–Trinajstić information content (AvgIpc) is 3.36. The molecule has 0 saturated carbocycles. The van der Waals surface area contributed by atoms with Gasteiger partial charge in [0.2, 0.25) is 0 Å². The molecule has 12 nitrogen and oxygen atoms in total. The van der Waals surface area contributed by atoms with Gasteiger partial charge in [0.15, 0.2) is 6.29 Å². The Balaban J connectivity index is 1.27. The topological polar surface area (TPSA) is 134 Å². The van der Waals surface area contributed by atoms with Crippen molar-refractivity contribution in [3.05, 3.63) is 109 Å². The van der Waals surface area contributed by atoms with Crippen molar-refractivity contribution in [2.75, 3.05) is 66.1 Å². The Hall–Kier alpha value is -5.43. The molecule has 0 saturated heterocycles. The molecule has 0 unspecified atom stereocenters. The molecule has 0 aliphatic rings. The van der Waals surface area contributed by atoms with Crippen LogP contribution in [0.3, 0.4) is 0 Å². The van der Waals surface area contributed by atoms with Gasteiger partial charge in [-0.15, -0.1) is 0 Å². The molecule has 0 N–H and O–H groups in total. The largest absolute Gasteiger partial charge is 0.494 e. The molecule has 3 aromatic rings. The van der Waals surface area contributed by atoms with E-state index in [4.69, 9.17) is 42.6 Å². The zero-order valence-corrected chi connectivity index (χ0v) is 41.9. The highest BCUT2D eigenvalue weighted by atomic mass is 16.7. The molecule has 3 rings (SSSR count). The predicted molar refractivity (Wildman–Crippen MR) is 273 cm³/mol. The van der Waals surface area contributed by atoms with E-state index in [1.807, 2.05) is 72.8 Å². The molecule has 0 aliphatic heterocycles. The molecule has 380 valence electrons. The monoisotopic (exact) mass is 957 g/mol. The molecule has 3 aromatic carbocycles. The molecule has 0 aliphatic carbocycles. The molecule has 69 heavy (non-hydrogen) atoms. The zero-order chi connectivity index (χ0) is 49.7. The second kappa shape index (κ2) is 36.5. The van der Waals surface area contributed by atoms with Gasteiger partial charge in [-0.3, -0.25) is 0 Å². The number of hydrogen-bond acceptors (Lipinski definition) is 12. The number of ether oxygens (including phenoxy) is 9. The Bertz CT molecular complexity index is 1810. The van der Waals surface area contributed by atoms with E-state index in [0.29, 0.717) is 89.2 Å². The van der Waals surface area contributed by atoms with Gasteiger partial charge in [0.05, 0.1) is 63.0 Å². The number of carbonyl (C=O) groups excluding carboxylic acids is 3. The van der Waals surface area contributed by atoms with Gasteiger partial charge in [0.25, 0.3) is 0 Å². The first-order valence-electron chi connectivity index (χ1n) is 25.2. The van der Waals surface area contributed by atoms with Gasteiger partial charge in [0, 0.05) is 26.2 Å². The van der Waals surface area contributed by atoms with E-state index in [1.165, 1.54) is 0 Å². The van der Waals surface area contributed by atoms with Crippen molar-refractivity contribution in [2.45, 2.75) is 130 Å². The lowest BCUT2D eigenvalue weighted by Gasteiger charge is -2.19. The zero-order valence-electron chi connectivity index (χ0n) is 41.9. The number of hydrogen-bond donors (Lipinski definition) is 0. The van der Waals surface area contributed by atoms with Crippen LogP contribution < -0.4 is 14.2 Å². The van der Waals surface area contributed by atoms with Crippen LogP contribution in [0.5, 0.6) is 17.2 Å². The van der Waals surface area contributed by atoms with Crippen LogP contribution in [0.15, 0.2) is 92.5 Å². The van der Waals surface area contributed by atoms with Crippen LogP contribution in [0.1, 0.15) is 140 Å². The van der Waals surface area contributed by atoms with E-state index < -0.39 is 17.9 Å². The molecule has 0 spiro atoms. The van der Waals surface area contributed by atoms with Gasteiger partial charge in [-0.25, -0.2) is 14.4 Å². The number of rotatable bonds is 41. The standard InChI is InChI=1S/C57H80O12/c1-7-62-55(58)45(4)48-25-31-51(32-26-48)65-39-20-14-10-13-19-38-61-44-37-54(68-42-23-17-11-15-21-40-66-52-33-27-49(28-34-52)46(5)56(59)63-8-2)69-43-24-18-12-16-22-41-67-53-35-29-50(30-36-53)47(6)57(60)64-9-3/h25-36,54H,4-24,37-44H2,1-3H3. The summed E-state index contributed by atoms with van der Waals surface area (Å²) >= 11 is 0. The smallest absolute Gasteiger partial charge is 0.338 e. The SMILES string of the molecule is C=C(C(=O)OCC)c1ccc(OCCCCCCCOCCC(OCCCCCCCOc2ccc(C(=C)C(=O)OCC)cc2)OCCCCCCCOc2ccc(C(=C)C(=O)OCC)cc2)cc1. The van der Waals surface area contributed by atoms with Crippen molar-refractivity contribution in [3.63, 3.8) is 0 Å². The lowest BCUT2D eigenvalue weighted by atomic mass is 10.1.